The Morgan fingerprint density at radius 1 is 0.735 bits per heavy atom. The van der Waals surface area contributed by atoms with Crippen molar-refractivity contribution in [2.45, 2.75) is 38.5 Å². The average molecular weight is 458 g/mol. The minimum absolute atomic E-state index is 0.00771. The van der Waals surface area contributed by atoms with E-state index in [0.717, 1.165) is 49.8 Å². The zero-order valence-corrected chi connectivity index (χ0v) is 19.4. The lowest BCUT2D eigenvalue weighted by atomic mass is 10.1. The van der Waals surface area contributed by atoms with Crippen molar-refractivity contribution < 1.29 is 19.1 Å². The molecule has 5 heteroatoms. The van der Waals surface area contributed by atoms with Gasteiger partial charge in [0.2, 0.25) is 0 Å². The third kappa shape index (κ3) is 9.02. The van der Waals surface area contributed by atoms with E-state index in [1.165, 1.54) is 6.20 Å². The highest BCUT2D eigenvalue weighted by Gasteiger charge is 2.05. The van der Waals surface area contributed by atoms with E-state index in [2.05, 4.69) is 4.98 Å². The van der Waals surface area contributed by atoms with Crippen LogP contribution in [0.25, 0.3) is 6.08 Å². The molecule has 0 radical (unpaired) electrons. The Morgan fingerprint density at radius 3 is 2.12 bits per heavy atom. The normalized spacial score (nSPS) is 10.8. The number of carbonyl (C=O) groups excluding carboxylic acids is 2. The lowest BCUT2D eigenvalue weighted by Crippen LogP contribution is -2.06. The van der Waals surface area contributed by atoms with Gasteiger partial charge in [-0.3, -0.25) is 9.78 Å². The molecule has 1 heterocycles. The van der Waals surface area contributed by atoms with E-state index >= 15 is 0 Å². The van der Waals surface area contributed by atoms with Gasteiger partial charge in [0.1, 0.15) is 5.75 Å². The van der Waals surface area contributed by atoms with E-state index in [0.29, 0.717) is 24.3 Å². The summed E-state index contributed by atoms with van der Waals surface area (Å²) >= 11 is 0. The molecule has 0 amide bonds. The first-order valence-electron chi connectivity index (χ1n) is 11.8. The van der Waals surface area contributed by atoms with Crippen molar-refractivity contribution in [2.75, 3.05) is 13.2 Å². The highest BCUT2D eigenvalue weighted by Crippen LogP contribution is 2.15. The summed E-state index contributed by atoms with van der Waals surface area (Å²) in [7, 11) is 0. The quantitative estimate of drug-likeness (QED) is 0.119. The van der Waals surface area contributed by atoms with Crippen LogP contribution in [0.5, 0.6) is 5.75 Å². The molecule has 0 bridgehead atoms. The van der Waals surface area contributed by atoms with E-state index in [-0.39, 0.29) is 11.8 Å². The molecule has 1 aromatic heterocycles. The van der Waals surface area contributed by atoms with E-state index in [1.807, 2.05) is 60.7 Å². The molecule has 0 aliphatic heterocycles. The molecule has 0 saturated carbocycles. The molecule has 0 spiro atoms. The standard InChI is InChI=1S/C29H31NO4/c31-28(25-11-6-5-7-12-25)19-16-24-14-17-27(18-15-24)33-21-8-3-1-2-4-9-22-34-29(32)26-13-10-20-30-23-26/h5-7,10-20,23H,1-4,8-9,21-22H2/b19-16+. The molecule has 0 fully saturated rings. The van der Waals surface area contributed by atoms with Crippen molar-refractivity contribution >= 4 is 17.8 Å². The molecule has 0 N–H and O–H groups in total. The molecule has 34 heavy (non-hydrogen) atoms. The van der Waals surface area contributed by atoms with Gasteiger partial charge in [0, 0.05) is 18.0 Å². The minimum Gasteiger partial charge on any atom is -0.494 e. The molecule has 176 valence electrons. The van der Waals surface area contributed by atoms with Crippen LogP contribution in [0.15, 0.2) is 85.2 Å². The number of rotatable bonds is 14. The van der Waals surface area contributed by atoms with Gasteiger partial charge >= 0.3 is 5.97 Å². The van der Waals surface area contributed by atoms with Crippen molar-refractivity contribution in [3.63, 3.8) is 0 Å². The maximum atomic E-state index is 12.1. The number of allylic oxidation sites excluding steroid dienone is 1. The van der Waals surface area contributed by atoms with Gasteiger partial charge in [0.15, 0.2) is 5.78 Å². The topological polar surface area (TPSA) is 65.5 Å². The number of hydrogen-bond acceptors (Lipinski definition) is 5. The summed E-state index contributed by atoms with van der Waals surface area (Å²) in [6.45, 7) is 1.13. The molecule has 0 aliphatic carbocycles. The smallest absolute Gasteiger partial charge is 0.339 e. The Balaban J connectivity index is 1.21. The van der Waals surface area contributed by atoms with E-state index < -0.39 is 0 Å². The first-order valence-corrected chi connectivity index (χ1v) is 11.8. The monoisotopic (exact) mass is 457 g/mol. The zero-order chi connectivity index (χ0) is 23.8. The molecular weight excluding hydrogens is 426 g/mol. The number of nitrogens with zero attached hydrogens (tertiary/aromatic N) is 1. The van der Waals surface area contributed by atoms with E-state index in [4.69, 9.17) is 9.47 Å². The average Bonchev–Trinajstić information content (AvgIpc) is 2.90. The van der Waals surface area contributed by atoms with Gasteiger partial charge in [-0.05, 0) is 48.7 Å². The van der Waals surface area contributed by atoms with Gasteiger partial charge < -0.3 is 9.47 Å². The van der Waals surface area contributed by atoms with Crippen LogP contribution in [0.4, 0.5) is 0 Å². The predicted octanol–water partition coefficient (Wildman–Crippen LogP) is 6.55. The Bertz CT molecular complexity index is 1030. The zero-order valence-electron chi connectivity index (χ0n) is 19.4. The third-order valence-corrected chi connectivity index (χ3v) is 5.30. The molecule has 0 unspecified atom stereocenters. The van der Waals surface area contributed by atoms with Crippen LogP contribution >= 0.6 is 0 Å². The Labute approximate surface area is 201 Å². The molecule has 2 aromatic carbocycles. The fourth-order valence-corrected chi connectivity index (χ4v) is 3.38. The summed E-state index contributed by atoms with van der Waals surface area (Å²) in [4.78, 5) is 27.9. The summed E-state index contributed by atoms with van der Waals surface area (Å²) in [6, 6.07) is 20.4. The first kappa shape index (κ1) is 24.9. The maximum Gasteiger partial charge on any atom is 0.339 e. The number of ether oxygens (including phenoxy) is 2. The number of hydrogen-bond donors (Lipinski definition) is 0. The van der Waals surface area contributed by atoms with Crippen LogP contribution in [0.1, 0.15) is 64.8 Å². The molecule has 3 rings (SSSR count). The van der Waals surface area contributed by atoms with Gasteiger partial charge in [0.05, 0.1) is 18.8 Å². The van der Waals surface area contributed by atoms with Gasteiger partial charge in [-0.15, -0.1) is 0 Å². The van der Waals surface area contributed by atoms with Gasteiger partial charge in [-0.2, -0.15) is 0 Å². The van der Waals surface area contributed by atoms with Crippen LogP contribution < -0.4 is 4.74 Å². The van der Waals surface area contributed by atoms with Crippen molar-refractivity contribution in [2.24, 2.45) is 0 Å². The Kier molecular flexibility index (Phi) is 10.6. The number of benzene rings is 2. The van der Waals surface area contributed by atoms with Crippen LogP contribution in [0.3, 0.4) is 0 Å². The molecule has 5 nitrogen and oxygen atoms in total. The van der Waals surface area contributed by atoms with Gasteiger partial charge in [0.25, 0.3) is 0 Å². The van der Waals surface area contributed by atoms with Crippen LogP contribution in [0.2, 0.25) is 0 Å². The summed E-state index contributed by atoms with van der Waals surface area (Å²) in [5.41, 5.74) is 2.14. The Morgan fingerprint density at radius 2 is 1.41 bits per heavy atom. The van der Waals surface area contributed by atoms with Crippen LogP contribution in [-0.2, 0) is 4.74 Å². The second-order valence-electron chi connectivity index (χ2n) is 7.98. The lowest BCUT2D eigenvalue weighted by molar-refractivity contribution is 0.0497. The van der Waals surface area contributed by atoms with Crippen LogP contribution in [-0.4, -0.2) is 30.0 Å². The highest BCUT2D eigenvalue weighted by atomic mass is 16.5. The van der Waals surface area contributed by atoms with Gasteiger partial charge in [-0.1, -0.05) is 74.2 Å². The van der Waals surface area contributed by atoms with Crippen molar-refractivity contribution in [3.05, 3.63) is 102 Å². The number of pyridine rings is 1. The number of carbonyl (C=O) groups is 2. The molecule has 0 saturated heterocycles. The van der Waals surface area contributed by atoms with Crippen molar-refractivity contribution in [1.29, 1.82) is 0 Å². The minimum atomic E-state index is -0.310. The molecule has 3 aromatic rings. The lowest BCUT2D eigenvalue weighted by Gasteiger charge is -2.07. The largest absolute Gasteiger partial charge is 0.494 e. The maximum absolute atomic E-state index is 12.1. The highest BCUT2D eigenvalue weighted by molar-refractivity contribution is 6.06. The predicted molar refractivity (Wildman–Crippen MR) is 134 cm³/mol. The molecular formula is C29H31NO4. The van der Waals surface area contributed by atoms with E-state index in [9.17, 15) is 9.59 Å². The van der Waals surface area contributed by atoms with Crippen molar-refractivity contribution in [3.8, 4) is 5.75 Å². The fraction of sp³-hybridized carbons (Fsp3) is 0.276. The fourth-order valence-electron chi connectivity index (χ4n) is 3.38. The molecule has 0 aliphatic rings. The third-order valence-electron chi connectivity index (χ3n) is 5.30. The van der Waals surface area contributed by atoms with E-state index in [1.54, 1.807) is 24.4 Å². The number of ketones is 1. The second-order valence-corrected chi connectivity index (χ2v) is 7.98. The number of esters is 1. The number of unbranched alkanes of at least 4 members (excludes halogenated alkanes) is 5. The summed E-state index contributed by atoms with van der Waals surface area (Å²) in [5.74, 6) is 0.517. The van der Waals surface area contributed by atoms with Crippen LogP contribution in [0, 0.1) is 0 Å². The van der Waals surface area contributed by atoms with Crippen molar-refractivity contribution in [1.82, 2.24) is 4.98 Å². The molecule has 0 atom stereocenters. The summed E-state index contributed by atoms with van der Waals surface area (Å²) in [5, 5.41) is 0. The van der Waals surface area contributed by atoms with Gasteiger partial charge in [-0.25, -0.2) is 4.79 Å². The number of aromatic nitrogens is 1. The SMILES string of the molecule is O=C(/C=C/c1ccc(OCCCCCCCCOC(=O)c2cccnc2)cc1)c1ccccc1. The summed E-state index contributed by atoms with van der Waals surface area (Å²) in [6.07, 6.45) is 12.9. The first-order chi connectivity index (χ1) is 16.7. The Hall–Kier alpha value is -3.73. The summed E-state index contributed by atoms with van der Waals surface area (Å²) < 4.78 is 11.1. The second kappa shape index (κ2) is 14.4.